The summed E-state index contributed by atoms with van der Waals surface area (Å²) in [7, 11) is 1.99. The highest BCUT2D eigenvalue weighted by atomic mass is 16.7. The summed E-state index contributed by atoms with van der Waals surface area (Å²) in [5, 5.41) is 23.2. The smallest absolute Gasteiger partial charge is 0.221 e. The normalized spacial score (nSPS) is 21.4. The van der Waals surface area contributed by atoms with Crippen LogP contribution in [-0.4, -0.2) is 46.8 Å². The van der Waals surface area contributed by atoms with Crippen molar-refractivity contribution in [1.29, 1.82) is 0 Å². The lowest BCUT2D eigenvalue weighted by Crippen LogP contribution is -2.43. The first-order valence-corrected chi connectivity index (χ1v) is 12.7. The highest BCUT2D eigenvalue weighted by molar-refractivity contribution is 5.88. The molecule has 4 rings (SSSR count). The molecule has 0 spiro atoms. The molecule has 7 nitrogen and oxygen atoms in total. The van der Waals surface area contributed by atoms with Gasteiger partial charge >= 0.3 is 0 Å². The first-order chi connectivity index (χ1) is 17.8. The highest BCUT2D eigenvalue weighted by Gasteiger charge is 2.34. The molecule has 1 heterocycles. The van der Waals surface area contributed by atoms with E-state index in [1.165, 1.54) is 6.92 Å². The first-order valence-electron chi connectivity index (χ1n) is 12.7. The van der Waals surface area contributed by atoms with E-state index in [1.807, 2.05) is 92.8 Å². The standard InChI is InChI=1S/C30H36N2O5/c1-20(29(35)24-8-5-4-6-9-24)32(3)18-27-17-28(23-14-12-22(19-33)13-15-23)37-30(36-27)25-10-7-11-26(16-25)31-21(2)34/h4-16,20,27-30,33,35H,17-19H2,1-3H3,(H,31,34)/t20-,27-,28+,29-,30+/m1/s1. The van der Waals surface area contributed by atoms with Crippen molar-refractivity contribution in [2.24, 2.45) is 0 Å². The Labute approximate surface area is 218 Å². The molecule has 7 heteroatoms. The lowest BCUT2D eigenvalue weighted by molar-refractivity contribution is -0.253. The second kappa shape index (κ2) is 12.4. The summed E-state index contributed by atoms with van der Waals surface area (Å²) in [6.07, 6.45) is -1.00. The molecule has 1 aliphatic rings. The van der Waals surface area contributed by atoms with Crippen molar-refractivity contribution < 1.29 is 24.5 Å². The van der Waals surface area contributed by atoms with Crippen LogP contribution in [-0.2, 0) is 20.9 Å². The third-order valence-corrected chi connectivity index (χ3v) is 6.88. The van der Waals surface area contributed by atoms with Crippen molar-refractivity contribution in [2.75, 3.05) is 18.9 Å². The van der Waals surface area contributed by atoms with Crippen LogP contribution in [0.5, 0.6) is 0 Å². The molecule has 0 unspecified atom stereocenters. The van der Waals surface area contributed by atoms with Crippen LogP contribution in [0.4, 0.5) is 5.69 Å². The van der Waals surface area contributed by atoms with Gasteiger partial charge in [-0.1, -0.05) is 66.7 Å². The number of anilines is 1. The third kappa shape index (κ3) is 7.03. The van der Waals surface area contributed by atoms with Crippen LogP contribution < -0.4 is 5.32 Å². The van der Waals surface area contributed by atoms with Crippen molar-refractivity contribution in [2.45, 2.75) is 57.5 Å². The van der Waals surface area contributed by atoms with Crippen LogP contribution in [0.25, 0.3) is 0 Å². The van der Waals surface area contributed by atoms with Crippen molar-refractivity contribution in [3.8, 4) is 0 Å². The monoisotopic (exact) mass is 504 g/mol. The van der Waals surface area contributed by atoms with E-state index in [9.17, 15) is 15.0 Å². The highest BCUT2D eigenvalue weighted by Crippen LogP contribution is 2.39. The SMILES string of the molecule is CC(=O)Nc1cccc([C@H]2O[C@@H](CN(C)[C@H](C)[C@@H](O)c3ccccc3)C[C@@H](c3ccc(CO)cc3)O2)c1. The van der Waals surface area contributed by atoms with Gasteiger partial charge in [-0.3, -0.25) is 9.69 Å². The lowest BCUT2D eigenvalue weighted by atomic mass is 9.98. The van der Waals surface area contributed by atoms with E-state index in [1.54, 1.807) is 0 Å². The minimum Gasteiger partial charge on any atom is -0.392 e. The van der Waals surface area contributed by atoms with Crippen LogP contribution in [0.1, 0.15) is 61.0 Å². The van der Waals surface area contributed by atoms with E-state index < -0.39 is 12.4 Å². The zero-order valence-corrected chi connectivity index (χ0v) is 21.6. The van der Waals surface area contributed by atoms with Crippen molar-refractivity contribution in [1.82, 2.24) is 4.90 Å². The molecule has 1 aliphatic heterocycles. The molecule has 0 bridgehead atoms. The summed E-state index contributed by atoms with van der Waals surface area (Å²) < 4.78 is 12.9. The Morgan fingerprint density at radius 3 is 2.43 bits per heavy atom. The zero-order chi connectivity index (χ0) is 26.4. The molecule has 5 atom stereocenters. The van der Waals surface area contributed by atoms with Crippen LogP contribution in [0.15, 0.2) is 78.9 Å². The van der Waals surface area contributed by atoms with E-state index in [0.29, 0.717) is 18.7 Å². The summed E-state index contributed by atoms with van der Waals surface area (Å²) in [5.74, 6) is -0.144. The Morgan fingerprint density at radius 2 is 1.76 bits per heavy atom. The largest absolute Gasteiger partial charge is 0.392 e. The molecule has 3 N–H and O–H groups in total. The van der Waals surface area contributed by atoms with Gasteiger partial charge < -0.3 is 25.0 Å². The van der Waals surface area contributed by atoms with Crippen LogP contribution in [0.2, 0.25) is 0 Å². The summed E-state index contributed by atoms with van der Waals surface area (Å²) in [6, 6.07) is 24.8. The summed E-state index contributed by atoms with van der Waals surface area (Å²) >= 11 is 0. The van der Waals surface area contributed by atoms with Crippen molar-refractivity contribution in [3.63, 3.8) is 0 Å². The maximum Gasteiger partial charge on any atom is 0.221 e. The average Bonchev–Trinajstić information content (AvgIpc) is 2.92. The molecular formula is C30H36N2O5. The van der Waals surface area contributed by atoms with Crippen LogP contribution in [0, 0.1) is 0 Å². The number of ether oxygens (including phenoxy) is 2. The van der Waals surface area contributed by atoms with Gasteiger partial charge in [0.05, 0.1) is 24.9 Å². The number of hydrogen-bond donors (Lipinski definition) is 3. The summed E-state index contributed by atoms with van der Waals surface area (Å²) in [6.45, 7) is 4.07. The number of carbonyl (C=O) groups is 1. The molecular weight excluding hydrogens is 468 g/mol. The van der Waals surface area contributed by atoms with E-state index in [4.69, 9.17) is 9.47 Å². The fraction of sp³-hybridized carbons (Fsp3) is 0.367. The topological polar surface area (TPSA) is 91.3 Å². The molecule has 3 aromatic rings. The molecule has 0 saturated carbocycles. The predicted octanol–water partition coefficient (Wildman–Crippen LogP) is 4.74. The number of likely N-dealkylation sites (N-methyl/N-ethyl adjacent to an activating group) is 1. The molecule has 0 aliphatic carbocycles. The third-order valence-electron chi connectivity index (χ3n) is 6.88. The number of benzene rings is 3. The van der Waals surface area contributed by atoms with Crippen LogP contribution in [0.3, 0.4) is 0 Å². The number of aliphatic hydroxyl groups excluding tert-OH is 2. The molecule has 1 fully saturated rings. The van der Waals surface area contributed by atoms with E-state index >= 15 is 0 Å². The Kier molecular flexibility index (Phi) is 9.08. The van der Waals surface area contributed by atoms with Crippen molar-refractivity contribution >= 4 is 11.6 Å². The second-order valence-electron chi connectivity index (χ2n) is 9.69. The van der Waals surface area contributed by atoms with Gasteiger partial charge in [-0.2, -0.15) is 0 Å². The number of nitrogens with zero attached hydrogens (tertiary/aromatic N) is 1. The fourth-order valence-corrected chi connectivity index (χ4v) is 4.66. The van der Waals surface area contributed by atoms with Crippen molar-refractivity contribution in [3.05, 3.63) is 101 Å². The van der Waals surface area contributed by atoms with E-state index in [-0.39, 0.29) is 30.8 Å². The van der Waals surface area contributed by atoms with E-state index in [2.05, 4.69) is 10.2 Å². The molecule has 0 radical (unpaired) electrons. The van der Waals surface area contributed by atoms with Crippen LogP contribution >= 0.6 is 0 Å². The summed E-state index contributed by atoms with van der Waals surface area (Å²) in [4.78, 5) is 13.7. The minimum atomic E-state index is -0.627. The second-order valence-corrected chi connectivity index (χ2v) is 9.69. The van der Waals surface area contributed by atoms with Gasteiger partial charge in [0.15, 0.2) is 6.29 Å². The quantitative estimate of drug-likeness (QED) is 0.390. The molecule has 3 aromatic carbocycles. The number of nitrogens with one attached hydrogen (secondary N) is 1. The van der Waals surface area contributed by atoms with Gasteiger partial charge in [0.2, 0.25) is 5.91 Å². The lowest BCUT2D eigenvalue weighted by Gasteiger charge is -2.39. The van der Waals surface area contributed by atoms with Gasteiger partial charge in [-0.15, -0.1) is 0 Å². The number of amides is 1. The number of hydrogen-bond acceptors (Lipinski definition) is 6. The Morgan fingerprint density at radius 1 is 1.03 bits per heavy atom. The van der Waals surface area contributed by atoms with Gasteiger partial charge in [0.1, 0.15) is 0 Å². The Hall–Kier alpha value is -3.07. The molecule has 1 saturated heterocycles. The summed E-state index contributed by atoms with van der Waals surface area (Å²) in [5.41, 5.74) is 4.22. The first kappa shape index (κ1) is 27.0. The molecule has 0 aromatic heterocycles. The molecule has 1 amide bonds. The van der Waals surface area contributed by atoms with Gasteiger partial charge in [0, 0.05) is 37.2 Å². The maximum absolute atomic E-state index is 11.6. The number of rotatable bonds is 9. The maximum atomic E-state index is 11.6. The molecule has 37 heavy (non-hydrogen) atoms. The fourth-order valence-electron chi connectivity index (χ4n) is 4.66. The zero-order valence-electron chi connectivity index (χ0n) is 21.6. The Balaban J connectivity index is 1.54. The molecule has 196 valence electrons. The minimum absolute atomic E-state index is 0.0114. The van der Waals surface area contributed by atoms with Gasteiger partial charge in [0.25, 0.3) is 0 Å². The Bertz CT molecular complexity index is 1150. The van der Waals surface area contributed by atoms with E-state index in [0.717, 1.165) is 22.3 Å². The number of aliphatic hydroxyl groups is 2. The number of carbonyl (C=O) groups excluding carboxylic acids is 1. The van der Waals surface area contributed by atoms with Gasteiger partial charge in [-0.25, -0.2) is 0 Å². The average molecular weight is 505 g/mol. The predicted molar refractivity (Wildman–Crippen MR) is 143 cm³/mol. The van der Waals surface area contributed by atoms with Gasteiger partial charge in [-0.05, 0) is 42.8 Å².